The number of hydrogen-bond acceptors (Lipinski definition) is 1. The van der Waals surface area contributed by atoms with Crippen LogP contribution in [0.2, 0.25) is 5.02 Å². The molecule has 0 heterocycles. The summed E-state index contributed by atoms with van der Waals surface area (Å²) in [4.78, 5) is 0. The van der Waals surface area contributed by atoms with Crippen LogP contribution < -0.4 is 5.32 Å². The summed E-state index contributed by atoms with van der Waals surface area (Å²) in [6, 6.07) is 4.61. The molecule has 2 heteroatoms. The van der Waals surface area contributed by atoms with Crippen LogP contribution in [-0.2, 0) is 0 Å². The number of hydrogen-bond donors (Lipinski definition) is 1. The van der Waals surface area contributed by atoms with E-state index >= 15 is 0 Å². The molecule has 17 heavy (non-hydrogen) atoms. The monoisotopic (exact) mass is 253 g/mol. The van der Waals surface area contributed by atoms with Gasteiger partial charge in [0.1, 0.15) is 0 Å². The molecule has 0 saturated heterocycles. The van der Waals surface area contributed by atoms with Crippen LogP contribution >= 0.6 is 11.6 Å². The molecule has 96 valence electrons. The second-order valence-corrected chi connectivity index (χ2v) is 5.73. The van der Waals surface area contributed by atoms with Gasteiger partial charge in [0, 0.05) is 11.1 Å². The van der Waals surface area contributed by atoms with E-state index in [1.165, 1.54) is 16.7 Å². The standard InChI is InChI=1S/C15H24ClN/c1-9(2)12(5)15(17-6)13-7-10(3)11(4)8-14(13)16/h7-9,12,15,17H,1-6H3. The summed E-state index contributed by atoms with van der Waals surface area (Å²) >= 11 is 6.38. The van der Waals surface area contributed by atoms with Crippen LogP contribution in [0.15, 0.2) is 12.1 Å². The van der Waals surface area contributed by atoms with E-state index in [0.717, 1.165) is 5.02 Å². The van der Waals surface area contributed by atoms with Crippen molar-refractivity contribution < 1.29 is 0 Å². The molecule has 0 fully saturated rings. The molecule has 0 radical (unpaired) electrons. The van der Waals surface area contributed by atoms with Crippen molar-refractivity contribution in [2.75, 3.05) is 7.05 Å². The minimum Gasteiger partial charge on any atom is -0.313 e. The summed E-state index contributed by atoms with van der Waals surface area (Å²) in [5.41, 5.74) is 3.78. The highest BCUT2D eigenvalue weighted by molar-refractivity contribution is 6.31. The molecule has 0 amide bonds. The Labute approximate surface area is 111 Å². The lowest BCUT2D eigenvalue weighted by molar-refractivity contribution is 0.317. The molecule has 1 aromatic rings. The smallest absolute Gasteiger partial charge is 0.0456 e. The van der Waals surface area contributed by atoms with Gasteiger partial charge in [0.25, 0.3) is 0 Å². The summed E-state index contributed by atoms with van der Waals surface area (Å²) in [5.74, 6) is 1.18. The Bertz CT molecular complexity index is 385. The van der Waals surface area contributed by atoms with Crippen LogP contribution in [0, 0.1) is 25.7 Å². The number of aryl methyl sites for hydroxylation is 2. The predicted octanol–water partition coefficient (Wildman–Crippen LogP) is 4.51. The molecule has 2 unspecified atom stereocenters. The van der Waals surface area contributed by atoms with Gasteiger partial charge in [0.2, 0.25) is 0 Å². The Morgan fingerprint density at radius 3 is 2.06 bits per heavy atom. The van der Waals surface area contributed by atoms with Crippen molar-refractivity contribution in [1.29, 1.82) is 0 Å². The van der Waals surface area contributed by atoms with Crippen LogP contribution in [0.4, 0.5) is 0 Å². The third-order valence-corrected chi connectivity index (χ3v) is 4.16. The van der Waals surface area contributed by atoms with E-state index in [0.29, 0.717) is 17.9 Å². The van der Waals surface area contributed by atoms with E-state index in [1.807, 2.05) is 7.05 Å². The molecule has 0 aromatic heterocycles. The van der Waals surface area contributed by atoms with E-state index in [9.17, 15) is 0 Å². The van der Waals surface area contributed by atoms with E-state index < -0.39 is 0 Å². The van der Waals surface area contributed by atoms with Crippen LogP contribution in [0.1, 0.15) is 43.5 Å². The van der Waals surface area contributed by atoms with Gasteiger partial charge in [-0.05, 0) is 55.5 Å². The summed E-state index contributed by atoms with van der Waals surface area (Å²) in [6.45, 7) is 11.0. The van der Waals surface area contributed by atoms with Crippen molar-refractivity contribution >= 4 is 11.6 Å². The Morgan fingerprint density at radius 2 is 1.59 bits per heavy atom. The van der Waals surface area contributed by atoms with Gasteiger partial charge in [-0.3, -0.25) is 0 Å². The average molecular weight is 254 g/mol. The lowest BCUT2D eigenvalue weighted by Gasteiger charge is -2.28. The molecule has 1 rings (SSSR count). The molecule has 0 bridgehead atoms. The van der Waals surface area contributed by atoms with Gasteiger partial charge in [-0.2, -0.15) is 0 Å². The summed E-state index contributed by atoms with van der Waals surface area (Å²) in [7, 11) is 2.01. The van der Waals surface area contributed by atoms with Crippen LogP contribution in [0.3, 0.4) is 0 Å². The first-order valence-corrected chi connectivity index (χ1v) is 6.70. The topological polar surface area (TPSA) is 12.0 Å². The molecule has 1 N–H and O–H groups in total. The SMILES string of the molecule is CNC(c1cc(C)c(C)cc1Cl)C(C)C(C)C. The molecule has 0 aliphatic heterocycles. The first-order chi connectivity index (χ1) is 7.88. The summed E-state index contributed by atoms with van der Waals surface area (Å²) in [6.07, 6.45) is 0. The highest BCUT2D eigenvalue weighted by Crippen LogP contribution is 2.33. The summed E-state index contributed by atoms with van der Waals surface area (Å²) < 4.78 is 0. The highest BCUT2D eigenvalue weighted by Gasteiger charge is 2.22. The third-order valence-electron chi connectivity index (χ3n) is 3.84. The molecule has 1 nitrogen and oxygen atoms in total. The zero-order valence-corrected chi connectivity index (χ0v) is 12.5. The van der Waals surface area contributed by atoms with E-state index in [1.54, 1.807) is 0 Å². The van der Waals surface area contributed by atoms with Gasteiger partial charge in [-0.15, -0.1) is 0 Å². The fraction of sp³-hybridized carbons (Fsp3) is 0.600. The fourth-order valence-electron chi connectivity index (χ4n) is 2.13. The molecule has 0 saturated carbocycles. The van der Waals surface area contributed by atoms with Crippen molar-refractivity contribution in [3.8, 4) is 0 Å². The maximum absolute atomic E-state index is 6.38. The minimum atomic E-state index is 0.321. The van der Waals surface area contributed by atoms with Gasteiger partial charge in [-0.25, -0.2) is 0 Å². The second kappa shape index (κ2) is 5.88. The van der Waals surface area contributed by atoms with Crippen molar-refractivity contribution in [2.45, 2.75) is 40.7 Å². The molecular formula is C15H24ClN. The lowest BCUT2D eigenvalue weighted by Crippen LogP contribution is -2.27. The fourth-order valence-corrected chi connectivity index (χ4v) is 2.46. The first kappa shape index (κ1) is 14.5. The summed E-state index contributed by atoms with van der Waals surface area (Å²) in [5, 5.41) is 4.28. The first-order valence-electron chi connectivity index (χ1n) is 6.32. The average Bonchev–Trinajstić information content (AvgIpc) is 2.25. The quantitative estimate of drug-likeness (QED) is 0.833. The predicted molar refractivity (Wildman–Crippen MR) is 76.7 cm³/mol. The van der Waals surface area contributed by atoms with Crippen molar-refractivity contribution in [1.82, 2.24) is 5.32 Å². The molecule has 1 aromatic carbocycles. The van der Waals surface area contributed by atoms with Crippen LogP contribution in [0.25, 0.3) is 0 Å². The Kier molecular flexibility index (Phi) is 5.03. The van der Waals surface area contributed by atoms with Crippen LogP contribution in [-0.4, -0.2) is 7.05 Å². The zero-order valence-electron chi connectivity index (χ0n) is 11.8. The van der Waals surface area contributed by atoms with E-state index in [-0.39, 0.29) is 0 Å². The lowest BCUT2D eigenvalue weighted by atomic mass is 9.85. The molecule has 0 aliphatic carbocycles. The Morgan fingerprint density at radius 1 is 1.06 bits per heavy atom. The van der Waals surface area contributed by atoms with Crippen molar-refractivity contribution in [2.24, 2.45) is 11.8 Å². The number of nitrogens with one attached hydrogen (secondary N) is 1. The number of halogens is 1. The third kappa shape index (κ3) is 3.23. The number of benzene rings is 1. The largest absolute Gasteiger partial charge is 0.313 e. The van der Waals surface area contributed by atoms with Gasteiger partial charge < -0.3 is 5.32 Å². The highest BCUT2D eigenvalue weighted by atomic mass is 35.5. The van der Waals surface area contributed by atoms with Crippen molar-refractivity contribution in [3.63, 3.8) is 0 Å². The van der Waals surface area contributed by atoms with E-state index in [2.05, 4.69) is 52.1 Å². The molecule has 2 atom stereocenters. The van der Waals surface area contributed by atoms with E-state index in [4.69, 9.17) is 11.6 Å². The molecule has 0 aliphatic rings. The zero-order chi connectivity index (χ0) is 13.2. The van der Waals surface area contributed by atoms with Gasteiger partial charge >= 0.3 is 0 Å². The maximum atomic E-state index is 6.38. The van der Waals surface area contributed by atoms with Gasteiger partial charge in [-0.1, -0.05) is 38.4 Å². The Balaban J connectivity index is 3.16. The molecule has 0 spiro atoms. The van der Waals surface area contributed by atoms with Crippen molar-refractivity contribution in [3.05, 3.63) is 33.8 Å². The molecular weight excluding hydrogens is 230 g/mol. The normalized spacial score (nSPS) is 15.1. The Hall–Kier alpha value is -0.530. The second-order valence-electron chi connectivity index (χ2n) is 5.33. The maximum Gasteiger partial charge on any atom is 0.0456 e. The number of rotatable bonds is 4. The minimum absolute atomic E-state index is 0.321. The van der Waals surface area contributed by atoms with Gasteiger partial charge in [0.05, 0.1) is 0 Å². The van der Waals surface area contributed by atoms with Crippen LogP contribution in [0.5, 0.6) is 0 Å². The van der Waals surface area contributed by atoms with Gasteiger partial charge in [0.15, 0.2) is 0 Å².